The zero-order valence-electron chi connectivity index (χ0n) is 19.2. The van der Waals surface area contributed by atoms with Gasteiger partial charge in [0.1, 0.15) is 5.75 Å². The molecule has 0 bridgehead atoms. The number of methoxy groups -OCH3 is 1. The average Bonchev–Trinajstić information content (AvgIpc) is 3.25. The highest BCUT2D eigenvalue weighted by atomic mass is 35.5. The molecule has 2 aliphatic rings. The summed E-state index contributed by atoms with van der Waals surface area (Å²) in [7, 11) is 1.59. The van der Waals surface area contributed by atoms with Crippen LogP contribution in [0.15, 0.2) is 72.8 Å². The van der Waals surface area contributed by atoms with Crippen molar-refractivity contribution in [1.82, 2.24) is 4.90 Å². The fourth-order valence-corrected chi connectivity index (χ4v) is 6.68. The molecule has 1 atom stereocenters. The molecule has 1 spiro atoms. The quantitative estimate of drug-likeness (QED) is 0.467. The number of carbonyl (C=O) groups excluding carboxylic acids is 2. The third-order valence-corrected chi connectivity index (χ3v) is 8.09. The molecule has 0 aromatic heterocycles. The SMILES string of the molecule is COc1ccc(C(=O)N2CC(C)(C)SC23C(=O)N(Cc2ccccc2)c2ccc(Cl)cc23)cc1. The molecule has 1 fully saturated rings. The van der Waals surface area contributed by atoms with Crippen LogP contribution >= 0.6 is 23.4 Å². The Bertz CT molecular complexity index is 1260. The molecule has 5 rings (SSSR count). The molecule has 174 valence electrons. The number of halogens is 1. The molecule has 34 heavy (non-hydrogen) atoms. The van der Waals surface area contributed by atoms with Crippen molar-refractivity contribution >= 4 is 40.9 Å². The van der Waals surface area contributed by atoms with Crippen molar-refractivity contribution in [1.29, 1.82) is 0 Å². The summed E-state index contributed by atoms with van der Waals surface area (Å²) >= 11 is 7.95. The molecule has 0 saturated carbocycles. The number of anilines is 1. The van der Waals surface area contributed by atoms with Gasteiger partial charge in [0.2, 0.25) is 0 Å². The van der Waals surface area contributed by atoms with Crippen LogP contribution in [0, 0.1) is 0 Å². The highest BCUT2D eigenvalue weighted by Gasteiger charge is 2.63. The summed E-state index contributed by atoms with van der Waals surface area (Å²) < 4.78 is 4.91. The Morgan fingerprint density at radius 2 is 1.76 bits per heavy atom. The van der Waals surface area contributed by atoms with Crippen LogP contribution < -0.4 is 9.64 Å². The summed E-state index contributed by atoms with van der Waals surface area (Å²) in [5.41, 5.74) is 3.08. The van der Waals surface area contributed by atoms with Crippen LogP contribution in [0.25, 0.3) is 0 Å². The summed E-state index contributed by atoms with van der Waals surface area (Å²) in [6, 6.07) is 22.4. The Morgan fingerprint density at radius 1 is 1.06 bits per heavy atom. The maximum absolute atomic E-state index is 14.3. The van der Waals surface area contributed by atoms with Crippen LogP contribution in [-0.4, -0.2) is 35.1 Å². The number of rotatable bonds is 4. The number of thioether (sulfide) groups is 1. The first kappa shape index (κ1) is 22.8. The van der Waals surface area contributed by atoms with Gasteiger partial charge in [-0.2, -0.15) is 0 Å². The lowest BCUT2D eigenvalue weighted by Gasteiger charge is -2.33. The molecule has 0 radical (unpaired) electrons. The van der Waals surface area contributed by atoms with Crippen molar-refractivity contribution in [3.05, 3.63) is 94.5 Å². The van der Waals surface area contributed by atoms with E-state index >= 15 is 0 Å². The lowest BCUT2D eigenvalue weighted by molar-refractivity contribution is -0.123. The molecule has 2 amide bonds. The summed E-state index contributed by atoms with van der Waals surface area (Å²) in [5, 5.41) is 0.537. The third kappa shape index (κ3) is 3.65. The van der Waals surface area contributed by atoms with Crippen LogP contribution in [0.4, 0.5) is 5.69 Å². The molecule has 2 heterocycles. The molecule has 7 heteroatoms. The summed E-state index contributed by atoms with van der Waals surface area (Å²) in [6.45, 7) is 4.98. The zero-order chi connectivity index (χ0) is 24.1. The molecule has 0 aliphatic carbocycles. The maximum Gasteiger partial charge on any atom is 0.268 e. The number of fused-ring (bicyclic) bond motifs is 2. The predicted molar refractivity (Wildman–Crippen MR) is 136 cm³/mol. The minimum Gasteiger partial charge on any atom is -0.497 e. The summed E-state index contributed by atoms with van der Waals surface area (Å²) in [4.78, 5) is 30.5. The van der Waals surface area contributed by atoms with E-state index in [0.29, 0.717) is 29.4 Å². The van der Waals surface area contributed by atoms with Crippen LogP contribution in [0.5, 0.6) is 5.75 Å². The summed E-state index contributed by atoms with van der Waals surface area (Å²) in [5.74, 6) is 0.359. The van der Waals surface area contributed by atoms with Gasteiger partial charge in [-0.05, 0) is 61.9 Å². The highest BCUT2D eigenvalue weighted by molar-refractivity contribution is 8.02. The summed E-state index contributed by atoms with van der Waals surface area (Å²) in [6.07, 6.45) is 0. The minimum atomic E-state index is -1.18. The van der Waals surface area contributed by atoms with Gasteiger partial charge in [-0.3, -0.25) is 9.59 Å². The monoisotopic (exact) mass is 492 g/mol. The van der Waals surface area contributed by atoms with Crippen molar-refractivity contribution in [2.45, 2.75) is 30.0 Å². The topological polar surface area (TPSA) is 49.9 Å². The van der Waals surface area contributed by atoms with E-state index in [1.54, 1.807) is 47.2 Å². The average molecular weight is 493 g/mol. The Morgan fingerprint density at radius 3 is 2.44 bits per heavy atom. The second-order valence-electron chi connectivity index (χ2n) is 9.16. The number of benzene rings is 3. The fourth-order valence-electron chi connectivity index (χ4n) is 4.79. The molecular weight excluding hydrogens is 468 g/mol. The fraction of sp³-hybridized carbons (Fsp3) is 0.259. The van der Waals surface area contributed by atoms with Gasteiger partial charge in [0, 0.05) is 27.4 Å². The van der Waals surface area contributed by atoms with E-state index in [1.165, 1.54) is 11.8 Å². The van der Waals surface area contributed by atoms with Crippen molar-refractivity contribution in [3.8, 4) is 5.75 Å². The Hall–Kier alpha value is -2.96. The molecule has 3 aromatic rings. The van der Waals surface area contributed by atoms with Gasteiger partial charge in [0.05, 0.1) is 19.3 Å². The van der Waals surface area contributed by atoms with Gasteiger partial charge in [-0.25, -0.2) is 0 Å². The second-order valence-corrected chi connectivity index (χ2v) is 11.5. The van der Waals surface area contributed by atoms with Crippen LogP contribution in [0.2, 0.25) is 5.02 Å². The Labute approximate surface area is 208 Å². The van der Waals surface area contributed by atoms with Gasteiger partial charge in [-0.15, -0.1) is 11.8 Å². The molecular formula is C27H25ClN2O3S. The Balaban J connectivity index is 1.63. The van der Waals surface area contributed by atoms with Crippen LogP contribution in [0.1, 0.15) is 35.3 Å². The highest BCUT2D eigenvalue weighted by Crippen LogP contribution is 2.60. The van der Waals surface area contributed by atoms with E-state index in [0.717, 1.165) is 16.8 Å². The van der Waals surface area contributed by atoms with E-state index in [2.05, 4.69) is 13.8 Å². The van der Waals surface area contributed by atoms with Crippen LogP contribution in [0.3, 0.4) is 0 Å². The standard InChI is InChI=1S/C27H25ClN2O3S/c1-26(2)17-30(24(31)19-9-12-21(33-3)13-10-19)27(34-26)22-15-20(28)11-14-23(22)29(25(27)32)16-18-7-5-4-6-8-18/h4-15H,16-17H2,1-3H3. The lowest BCUT2D eigenvalue weighted by atomic mass is 10.0. The van der Waals surface area contributed by atoms with Gasteiger partial charge in [0.15, 0.2) is 4.87 Å². The van der Waals surface area contributed by atoms with E-state index in [4.69, 9.17) is 16.3 Å². The molecule has 1 unspecified atom stereocenters. The van der Waals surface area contributed by atoms with Crippen LogP contribution in [-0.2, 0) is 16.2 Å². The normalized spacial score (nSPS) is 20.6. The Kier molecular flexibility index (Phi) is 5.61. The third-order valence-electron chi connectivity index (χ3n) is 6.26. The number of hydrogen-bond donors (Lipinski definition) is 0. The van der Waals surface area contributed by atoms with Gasteiger partial charge < -0.3 is 14.5 Å². The largest absolute Gasteiger partial charge is 0.497 e. The van der Waals surface area contributed by atoms with Gasteiger partial charge >= 0.3 is 0 Å². The first-order valence-electron chi connectivity index (χ1n) is 11.1. The van der Waals surface area contributed by atoms with E-state index in [-0.39, 0.29) is 16.6 Å². The van der Waals surface area contributed by atoms with E-state index in [9.17, 15) is 9.59 Å². The molecule has 1 saturated heterocycles. The van der Waals surface area contributed by atoms with Gasteiger partial charge in [0.25, 0.3) is 11.8 Å². The first-order valence-corrected chi connectivity index (χ1v) is 12.3. The van der Waals surface area contributed by atoms with Crippen molar-refractivity contribution < 1.29 is 14.3 Å². The number of ether oxygens (including phenoxy) is 1. The van der Waals surface area contributed by atoms with Gasteiger partial charge in [-0.1, -0.05) is 41.9 Å². The van der Waals surface area contributed by atoms with Crippen molar-refractivity contribution in [2.24, 2.45) is 0 Å². The smallest absolute Gasteiger partial charge is 0.268 e. The second kappa shape index (κ2) is 8.36. The van der Waals surface area contributed by atoms with Crippen molar-refractivity contribution in [3.63, 3.8) is 0 Å². The number of hydrogen-bond acceptors (Lipinski definition) is 4. The number of carbonyl (C=O) groups is 2. The maximum atomic E-state index is 14.3. The predicted octanol–water partition coefficient (Wildman–Crippen LogP) is 5.72. The lowest BCUT2D eigenvalue weighted by Crippen LogP contribution is -2.50. The minimum absolute atomic E-state index is 0.119. The number of amides is 2. The van der Waals surface area contributed by atoms with E-state index < -0.39 is 4.87 Å². The molecule has 2 aliphatic heterocycles. The molecule has 0 N–H and O–H groups in total. The van der Waals surface area contributed by atoms with Crippen molar-refractivity contribution in [2.75, 3.05) is 18.6 Å². The first-order chi connectivity index (χ1) is 16.2. The molecule has 3 aromatic carbocycles. The number of nitrogens with zero attached hydrogens (tertiary/aromatic N) is 2. The van der Waals surface area contributed by atoms with E-state index in [1.807, 2.05) is 42.5 Å². The zero-order valence-corrected chi connectivity index (χ0v) is 20.8. The molecule has 5 nitrogen and oxygen atoms in total.